The number of imidazole rings is 1. The Labute approximate surface area is 155 Å². The molecule has 3 aromatic heterocycles. The molecule has 0 unspecified atom stereocenters. The highest BCUT2D eigenvalue weighted by Gasteiger charge is 2.08. The SMILES string of the molecule is O=Cc1ccc(-c2cccc(CNCc3nc4c([nH]3)CC=CC=C4)n2)s1. The second-order valence-corrected chi connectivity index (χ2v) is 7.09. The first-order chi connectivity index (χ1) is 12.8. The Kier molecular flexibility index (Phi) is 4.86. The summed E-state index contributed by atoms with van der Waals surface area (Å²) in [7, 11) is 0. The van der Waals surface area contributed by atoms with E-state index in [9.17, 15) is 4.79 Å². The number of fused-ring (bicyclic) bond motifs is 1. The van der Waals surface area contributed by atoms with E-state index >= 15 is 0 Å². The average molecular weight is 362 g/mol. The summed E-state index contributed by atoms with van der Waals surface area (Å²) in [5.74, 6) is 0.931. The van der Waals surface area contributed by atoms with Crippen LogP contribution in [0.4, 0.5) is 0 Å². The number of hydrogen-bond acceptors (Lipinski definition) is 5. The summed E-state index contributed by atoms with van der Waals surface area (Å²) in [6.45, 7) is 1.31. The summed E-state index contributed by atoms with van der Waals surface area (Å²) in [6.07, 6.45) is 9.95. The third-order valence-electron chi connectivity index (χ3n) is 4.08. The van der Waals surface area contributed by atoms with Crippen LogP contribution in [0.15, 0.2) is 48.6 Å². The molecular weight excluding hydrogens is 344 g/mol. The molecule has 0 aliphatic heterocycles. The highest BCUT2D eigenvalue weighted by Crippen LogP contribution is 2.25. The number of rotatable bonds is 6. The van der Waals surface area contributed by atoms with Crippen LogP contribution in [0.1, 0.15) is 32.6 Å². The molecule has 0 radical (unpaired) electrons. The van der Waals surface area contributed by atoms with Crippen LogP contribution in [0.5, 0.6) is 0 Å². The maximum absolute atomic E-state index is 10.8. The van der Waals surface area contributed by atoms with Crippen LogP contribution in [0, 0.1) is 0 Å². The number of carbonyl (C=O) groups excluding carboxylic acids is 1. The Hall–Kier alpha value is -2.83. The molecule has 5 nitrogen and oxygen atoms in total. The van der Waals surface area contributed by atoms with Crippen molar-refractivity contribution in [3.05, 3.63) is 76.3 Å². The molecule has 0 bridgehead atoms. The zero-order chi connectivity index (χ0) is 17.8. The molecule has 4 rings (SSSR count). The molecule has 0 saturated carbocycles. The first-order valence-corrected chi connectivity index (χ1v) is 9.26. The van der Waals surface area contributed by atoms with Crippen LogP contribution < -0.4 is 5.32 Å². The van der Waals surface area contributed by atoms with Gasteiger partial charge < -0.3 is 10.3 Å². The quantitative estimate of drug-likeness (QED) is 0.655. The number of nitrogens with one attached hydrogen (secondary N) is 2. The van der Waals surface area contributed by atoms with Crippen molar-refractivity contribution in [1.82, 2.24) is 20.3 Å². The van der Waals surface area contributed by atoms with Gasteiger partial charge in [0.05, 0.1) is 33.4 Å². The Bertz CT molecular complexity index is 983. The molecule has 2 N–H and O–H groups in total. The summed E-state index contributed by atoms with van der Waals surface area (Å²) >= 11 is 1.45. The van der Waals surface area contributed by atoms with Crippen molar-refractivity contribution in [3.8, 4) is 10.6 Å². The predicted molar refractivity (Wildman–Crippen MR) is 104 cm³/mol. The summed E-state index contributed by atoms with van der Waals surface area (Å²) in [5, 5.41) is 3.39. The Balaban J connectivity index is 1.39. The minimum Gasteiger partial charge on any atom is -0.344 e. The smallest absolute Gasteiger partial charge is 0.160 e. The van der Waals surface area contributed by atoms with E-state index in [0.29, 0.717) is 18.0 Å². The first kappa shape index (κ1) is 16.6. The van der Waals surface area contributed by atoms with E-state index in [2.05, 4.69) is 26.3 Å². The predicted octanol–water partition coefficient (Wildman–Crippen LogP) is 3.76. The van der Waals surface area contributed by atoms with Crippen LogP contribution in [0.3, 0.4) is 0 Å². The van der Waals surface area contributed by atoms with Crippen molar-refractivity contribution in [2.24, 2.45) is 0 Å². The molecule has 130 valence electrons. The largest absolute Gasteiger partial charge is 0.344 e. The van der Waals surface area contributed by atoms with Gasteiger partial charge in [0.25, 0.3) is 0 Å². The van der Waals surface area contributed by atoms with Crippen molar-refractivity contribution in [2.75, 3.05) is 0 Å². The van der Waals surface area contributed by atoms with Crippen molar-refractivity contribution in [3.63, 3.8) is 0 Å². The molecule has 0 fully saturated rings. The second-order valence-electron chi connectivity index (χ2n) is 5.98. The second kappa shape index (κ2) is 7.59. The normalized spacial score (nSPS) is 12.8. The van der Waals surface area contributed by atoms with Gasteiger partial charge in [-0.25, -0.2) is 4.98 Å². The van der Waals surface area contributed by atoms with E-state index in [1.807, 2.05) is 48.6 Å². The number of carbonyl (C=O) groups is 1. The molecule has 0 atom stereocenters. The van der Waals surface area contributed by atoms with E-state index in [1.54, 1.807) is 0 Å². The topological polar surface area (TPSA) is 70.7 Å². The molecule has 1 aliphatic rings. The highest BCUT2D eigenvalue weighted by molar-refractivity contribution is 7.17. The van der Waals surface area contributed by atoms with E-state index in [0.717, 1.165) is 46.2 Å². The van der Waals surface area contributed by atoms with Crippen molar-refractivity contribution in [2.45, 2.75) is 19.5 Å². The van der Waals surface area contributed by atoms with Crippen molar-refractivity contribution >= 4 is 23.7 Å². The monoisotopic (exact) mass is 362 g/mol. The Morgan fingerprint density at radius 2 is 2.12 bits per heavy atom. The van der Waals surface area contributed by atoms with Gasteiger partial charge in [0, 0.05) is 18.7 Å². The van der Waals surface area contributed by atoms with Gasteiger partial charge in [-0.2, -0.15) is 0 Å². The van der Waals surface area contributed by atoms with Crippen LogP contribution in [-0.4, -0.2) is 21.2 Å². The van der Waals surface area contributed by atoms with Gasteiger partial charge in [0.1, 0.15) is 5.82 Å². The zero-order valence-corrected chi connectivity index (χ0v) is 14.9. The van der Waals surface area contributed by atoms with E-state index in [4.69, 9.17) is 0 Å². The third kappa shape index (κ3) is 3.71. The van der Waals surface area contributed by atoms with Crippen LogP contribution in [0.2, 0.25) is 0 Å². The molecule has 6 heteroatoms. The number of hydrogen-bond donors (Lipinski definition) is 2. The lowest BCUT2D eigenvalue weighted by molar-refractivity contribution is 0.112. The number of H-pyrrole nitrogens is 1. The molecule has 0 aromatic carbocycles. The Morgan fingerprint density at radius 1 is 1.15 bits per heavy atom. The molecule has 0 saturated heterocycles. The van der Waals surface area contributed by atoms with Crippen molar-refractivity contribution < 1.29 is 4.79 Å². The van der Waals surface area contributed by atoms with E-state index in [-0.39, 0.29) is 0 Å². The fourth-order valence-electron chi connectivity index (χ4n) is 2.85. The molecule has 1 aliphatic carbocycles. The number of thiophene rings is 1. The van der Waals surface area contributed by atoms with E-state index < -0.39 is 0 Å². The lowest BCUT2D eigenvalue weighted by Crippen LogP contribution is -2.14. The van der Waals surface area contributed by atoms with Crippen LogP contribution in [0.25, 0.3) is 16.6 Å². The summed E-state index contributed by atoms with van der Waals surface area (Å²) in [6, 6.07) is 9.71. The minimum atomic E-state index is 0.654. The highest BCUT2D eigenvalue weighted by atomic mass is 32.1. The van der Waals surface area contributed by atoms with E-state index in [1.165, 1.54) is 11.3 Å². The standard InChI is InChI=1S/C20H18N4OS/c25-13-15-9-10-19(26-15)18-8-4-5-14(22-18)11-21-12-20-23-16-6-2-1-3-7-17(16)24-20/h1-6,8-10,13,21H,7,11-12H2,(H,23,24). The molecule has 0 amide bonds. The lowest BCUT2D eigenvalue weighted by atomic mass is 10.2. The number of pyridine rings is 1. The molecular formula is C20H18N4OS. The van der Waals surface area contributed by atoms with Crippen molar-refractivity contribution in [1.29, 1.82) is 0 Å². The van der Waals surface area contributed by atoms with Crippen LogP contribution >= 0.6 is 11.3 Å². The first-order valence-electron chi connectivity index (χ1n) is 8.45. The lowest BCUT2D eigenvalue weighted by Gasteiger charge is -2.04. The number of aldehydes is 1. The molecule has 0 spiro atoms. The number of nitrogens with zero attached hydrogens (tertiary/aromatic N) is 2. The number of aromatic nitrogens is 3. The summed E-state index contributed by atoms with van der Waals surface area (Å²) in [5.41, 5.74) is 4.01. The van der Waals surface area contributed by atoms with Gasteiger partial charge in [-0.15, -0.1) is 11.3 Å². The molecule has 3 aromatic rings. The maximum Gasteiger partial charge on any atom is 0.160 e. The zero-order valence-electron chi connectivity index (χ0n) is 14.1. The van der Waals surface area contributed by atoms with Crippen LogP contribution in [-0.2, 0) is 19.5 Å². The van der Waals surface area contributed by atoms with Gasteiger partial charge in [-0.3, -0.25) is 9.78 Å². The van der Waals surface area contributed by atoms with Gasteiger partial charge in [-0.1, -0.05) is 24.3 Å². The third-order valence-corrected chi connectivity index (χ3v) is 5.12. The summed E-state index contributed by atoms with van der Waals surface area (Å²) < 4.78 is 0. The fraction of sp³-hybridized carbons (Fsp3) is 0.150. The minimum absolute atomic E-state index is 0.654. The van der Waals surface area contributed by atoms with Gasteiger partial charge in [0.2, 0.25) is 0 Å². The summed E-state index contributed by atoms with van der Waals surface area (Å²) in [4.78, 5) is 25.2. The molecule has 26 heavy (non-hydrogen) atoms. The average Bonchev–Trinajstić information content (AvgIpc) is 3.24. The van der Waals surface area contributed by atoms with Gasteiger partial charge in [-0.05, 0) is 30.3 Å². The molecule has 3 heterocycles. The van der Waals surface area contributed by atoms with Gasteiger partial charge >= 0.3 is 0 Å². The maximum atomic E-state index is 10.8. The van der Waals surface area contributed by atoms with Gasteiger partial charge in [0.15, 0.2) is 6.29 Å². The number of aromatic amines is 1. The number of allylic oxidation sites excluding steroid dienone is 3. The Morgan fingerprint density at radius 3 is 3.00 bits per heavy atom. The fourth-order valence-corrected chi connectivity index (χ4v) is 3.64.